The summed E-state index contributed by atoms with van der Waals surface area (Å²) in [7, 11) is 0. The number of piperazine rings is 1. The highest BCUT2D eigenvalue weighted by Crippen LogP contribution is 2.27. The summed E-state index contributed by atoms with van der Waals surface area (Å²) in [5.74, 6) is 0.504. The van der Waals surface area contributed by atoms with E-state index in [4.69, 9.17) is 0 Å². The summed E-state index contributed by atoms with van der Waals surface area (Å²) in [6.07, 6.45) is 0. The fraction of sp³-hybridized carbons (Fsp3) is 0.600. The molecule has 0 amide bonds. The van der Waals surface area contributed by atoms with E-state index in [1.54, 1.807) is 0 Å². The number of hydrogen-bond acceptors (Lipinski definition) is 3. The molecule has 1 aliphatic rings. The zero-order valence-electron chi connectivity index (χ0n) is 11.6. The summed E-state index contributed by atoms with van der Waals surface area (Å²) < 4.78 is 0. The van der Waals surface area contributed by atoms with E-state index < -0.39 is 0 Å². The van der Waals surface area contributed by atoms with Gasteiger partial charge in [0.2, 0.25) is 0 Å². The summed E-state index contributed by atoms with van der Waals surface area (Å²) in [6.45, 7) is 9.75. The first-order chi connectivity index (χ1) is 8.63. The zero-order chi connectivity index (χ0) is 13.1. The minimum atomic E-state index is 0.118. The van der Waals surface area contributed by atoms with Crippen LogP contribution in [0.25, 0.3) is 0 Å². The highest BCUT2D eigenvalue weighted by Gasteiger charge is 2.20. The molecule has 100 valence electrons. The number of benzene rings is 1. The van der Waals surface area contributed by atoms with Crippen LogP contribution in [-0.2, 0) is 6.61 Å². The number of hydrogen-bond donors (Lipinski definition) is 2. The minimum Gasteiger partial charge on any atom is -0.392 e. The maximum atomic E-state index is 9.60. The van der Waals surface area contributed by atoms with Crippen molar-refractivity contribution < 1.29 is 5.11 Å². The summed E-state index contributed by atoms with van der Waals surface area (Å²) in [6, 6.07) is 6.99. The highest BCUT2D eigenvalue weighted by molar-refractivity contribution is 5.56. The van der Waals surface area contributed by atoms with Crippen molar-refractivity contribution in [3.05, 3.63) is 29.3 Å². The van der Waals surface area contributed by atoms with Crippen molar-refractivity contribution >= 4 is 5.69 Å². The first-order valence-corrected chi connectivity index (χ1v) is 6.84. The van der Waals surface area contributed by atoms with Gasteiger partial charge in [0.1, 0.15) is 0 Å². The van der Waals surface area contributed by atoms with Gasteiger partial charge in [0.05, 0.1) is 6.61 Å². The monoisotopic (exact) mass is 248 g/mol. The number of aliphatic hydroxyl groups excluding tert-OH is 1. The van der Waals surface area contributed by atoms with E-state index in [9.17, 15) is 5.11 Å². The van der Waals surface area contributed by atoms with Gasteiger partial charge in [0.25, 0.3) is 0 Å². The first kappa shape index (κ1) is 13.4. The lowest BCUT2D eigenvalue weighted by molar-refractivity contribution is 0.281. The molecule has 1 aromatic rings. The molecule has 0 saturated carbocycles. The van der Waals surface area contributed by atoms with Gasteiger partial charge in [-0.05, 0) is 24.5 Å². The van der Waals surface area contributed by atoms with Crippen LogP contribution in [0.5, 0.6) is 0 Å². The Morgan fingerprint density at radius 1 is 1.44 bits per heavy atom. The summed E-state index contributed by atoms with van der Waals surface area (Å²) in [5, 5.41) is 13.0. The molecule has 3 heteroatoms. The van der Waals surface area contributed by atoms with Crippen LogP contribution < -0.4 is 10.2 Å². The van der Waals surface area contributed by atoms with Gasteiger partial charge in [-0.15, -0.1) is 0 Å². The predicted octanol–water partition coefficient (Wildman–Crippen LogP) is 2.10. The Morgan fingerprint density at radius 3 is 2.83 bits per heavy atom. The van der Waals surface area contributed by atoms with Gasteiger partial charge in [-0.1, -0.05) is 26.0 Å². The van der Waals surface area contributed by atoms with Crippen molar-refractivity contribution in [3.8, 4) is 0 Å². The Bertz CT molecular complexity index is 403. The van der Waals surface area contributed by atoms with E-state index >= 15 is 0 Å². The Kier molecular flexibility index (Phi) is 4.25. The van der Waals surface area contributed by atoms with Crippen molar-refractivity contribution in [3.63, 3.8) is 0 Å². The molecular weight excluding hydrogens is 224 g/mol. The third-order valence-electron chi connectivity index (χ3n) is 3.75. The second kappa shape index (κ2) is 5.72. The van der Waals surface area contributed by atoms with Crippen molar-refractivity contribution in [1.29, 1.82) is 0 Å². The molecule has 0 aromatic heterocycles. The lowest BCUT2D eigenvalue weighted by Crippen LogP contribution is -2.50. The van der Waals surface area contributed by atoms with Crippen molar-refractivity contribution in [1.82, 2.24) is 5.32 Å². The quantitative estimate of drug-likeness (QED) is 0.860. The third-order valence-corrected chi connectivity index (χ3v) is 3.75. The van der Waals surface area contributed by atoms with Crippen LogP contribution in [0, 0.1) is 0 Å². The molecule has 2 N–H and O–H groups in total. The zero-order valence-corrected chi connectivity index (χ0v) is 11.6. The van der Waals surface area contributed by atoms with Crippen LogP contribution >= 0.6 is 0 Å². The molecule has 0 radical (unpaired) electrons. The molecule has 0 spiro atoms. The van der Waals surface area contributed by atoms with Crippen LogP contribution in [-0.4, -0.2) is 30.8 Å². The van der Waals surface area contributed by atoms with Crippen molar-refractivity contribution in [2.45, 2.75) is 39.3 Å². The van der Waals surface area contributed by atoms with Crippen LogP contribution in [0.3, 0.4) is 0 Å². The van der Waals surface area contributed by atoms with Gasteiger partial charge in [-0.2, -0.15) is 0 Å². The molecule has 0 unspecified atom stereocenters. The van der Waals surface area contributed by atoms with E-state index in [1.807, 2.05) is 0 Å². The van der Waals surface area contributed by atoms with Crippen molar-refractivity contribution in [2.75, 3.05) is 24.5 Å². The first-order valence-electron chi connectivity index (χ1n) is 6.84. The molecule has 3 nitrogen and oxygen atoms in total. The molecule has 1 saturated heterocycles. The maximum absolute atomic E-state index is 9.60. The summed E-state index contributed by atoms with van der Waals surface area (Å²) in [5.41, 5.74) is 3.54. The van der Waals surface area contributed by atoms with Crippen LogP contribution in [0.4, 0.5) is 5.69 Å². The highest BCUT2D eigenvalue weighted by atomic mass is 16.3. The molecule has 1 fully saturated rings. The van der Waals surface area contributed by atoms with Gasteiger partial charge in [-0.25, -0.2) is 0 Å². The van der Waals surface area contributed by atoms with Crippen LogP contribution in [0.15, 0.2) is 18.2 Å². The predicted molar refractivity (Wildman–Crippen MR) is 76.1 cm³/mol. The molecule has 1 heterocycles. The molecular formula is C15H24N2O. The van der Waals surface area contributed by atoms with E-state index in [0.717, 1.165) is 25.2 Å². The normalized spacial score (nSPS) is 20.5. The van der Waals surface area contributed by atoms with Crippen LogP contribution in [0.2, 0.25) is 0 Å². The molecule has 2 rings (SSSR count). The molecule has 0 bridgehead atoms. The molecule has 0 aliphatic carbocycles. The van der Waals surface area contributed by atoms with Crippen molar-refractivity contribution in [2.24, 2.45) is 0 Å². The second-order valence-electron chi connectivity index (χ2n) is 5.45. The molecule has 18 heavy (non-hydrogen) atoms. The number of aliphatic hydroxyl groups is 1. The molecule has 1 atom stereocenters. The number of rotatable bonds is 3. The fourth-order valence-electron chi connectivity index (χ4n) is 2.57. The van der Waals surface area contributed by atoms with Gasteiger partial charge < -0.3 is 15.3 Å². The summed E-state index contributed by atoms with van der Waals surface area (Å²) >= 11 is 0. The Morgan fingerprint density at radius 2 is 2.22 bits per heavy atom. The van der Waals surface area contributed by atoms with E-state index in [0.29, 0.717) is 12.0 Å². The lowest BCUT2D eigenvalue weighted by atomic mass is 9.98. The number of anilines is 1. The number of nitrogens with zero attached hydrogens (tertiary/aromatic N) is 1. The van der Waals surface area contributed by atoms with E-state index in [2.05, 4.69) is 49.2 Å². The third kappa shape index (κ3) is 2.68. The summed E-state index contributed by atoms with van der Waals surface area (Å²) in [4.78, 5) is 2.40. The minimum absolute atomic E-state index is 0.118. The smallest absolute Gasteiger partial charge is 0.0702 e. The topological polar surface area (TPSA) is 35.5 Å². The SMILES string of the molecule is CC(C)c1ccc(N2CCNC[C@@H]2C)c(CO)c1. The van der Waals surface area contributed by atoms with Gasteiger partial charge in [0.15, 0.2) is 0 Å². The average molecular weight is 248 g/mol. The Labute approximate surface area is 110 Å². The maximum Gasteiger partial charge on any atom is 0.0702 e. The standard InChI is InChI=1S/C15H24N2O/c1-11(2)13-4-5-15(14(8-13)10-18)17-7-6-16-9-12(17)3/h4-5,8,11-12,16,18H,6-7,9-10H2,1-3H3/t12-/m0/s1. The lowest BCUT2D eigenvalue weighted by Gasteiger charge is -2.37. The second-order valence-corrected chi connectivity index (χ2v) is 5.45. The average Bonchev–Trinajstić information content (AvgIpc) is 2.38. The van der Waals surface area contributed by atoms with Crippen LogP contribution in [0.1, 0.15) is 37.8 Å². The fourth-order valence-corrected chi connectivity index (χ4v) is 2.57. The van der Waals surface area contributed by atoms with E-state index in [-0.39, 0.29) is 6.61 Å². The molecule has 1 aromatic carbocycles. The molecule has 1 aliphatic heterocycles. The Balaban J connectivity index is 2.31. The van der Waals surface area contributed by atoms with Gasteiger partial charge in [-0.3, -0.25) is 0 Å². The van der Waals surface area contributed by atoms with Gasteiger partial charge >= 0.3 is 0 Å². The van der Waals surface area contributed by atoms with Gasteiger partial charge in [0, 0.05) is 36.9 Å². The largest absolute Gasteiger partial charge is 0.392 e. The van der Waals surface area contributed by atoms with E-state index in [1.165, 1.54) is 11.3 Å². The number of nitrogens with one attached hydrogen (secondary N) is 1. The Hall–Kier alpha value is -1.06.